The Morgan fingerprint density at radius 3 is 2.61 bits per heavy atom. The summed E-state index contributed by atoms with van der Waals surface area (Å²) < 4.78 is 11.0. The molecule has 4 aromatic rings. The zero-order valence-corrected chi connectivity index (χ0v) is 23.2. The molecule has 1 aromatic heterocycles. The fourth-order valence-corrected chi connectivity index (χ4v) is 4.93. The van der Waals surface area contributed by atoms with Gasteiger partial charge in [-0.25, -0.2) is 0 Å². The van der Waals surface area contributed by atoms with Crippen molar-refractivity contribution in [3.05, 3.63) is 94.1 Å². The normalized spacial score (nSPS) is 11.7. The van der Waals surface area contributed by atoms with Crippen LogP contribution in [0.2, 0.25) is 10.0 Å². The van der Waals surface area contributed by atoms with Crippen LogP contribution in [0.3, 0.4) is 0 Å². The molecule has 4 rings (SSSR count). The average molecular weight is 553 g/mol. The summed E-state index contributed by atoms with van der Waals surface area (Å²) in [5, 5.41) is 5.41. The molecule has 1 atom stereocenters. The molecule has 0 aliphatic carbocycles. The van der Waals surface area contributed by atoms with Crippen LogP contribution >= 0.6 is 23.2 Å². The fraction of sp³-hybridized carbons (Fsp3) is 0.267. The molecule has 0 saturated carbocycles. The van der Waals surface area contributed by atoms with Crippen molar-refractivity contribution in [1.29, 1.82) is 0 Å². The van der Waals surface area contributed by atoms with Gasteiger partial charge in [0.25, 0.3) is 5.91 Å². The Bertz CT molecular complexity index is 1410. The first-order chi connectivity index (χ1) is 18.4. The van der Waals surface area contributed by atoms with Gasteiger partial charge in [-0.15, -0.1) is 0 Å². The second-order valence-electron chi connectivity index (χ2n) is 9.10. The topological polar surface area (TPSA) is 63.7 Å². The second kappa shape index (κ2) is 12.9. The molecule has 1 amide bonds. The van der Waals surface area contributed by atoms with Crippen LogP contribution in [0.1, 0.15) is 35.7 Å². The maximum atomic E-state index is 13.6. The van der Waals surface area contributed by atoms with Crippen LogP contribution in [0, 0.1) is 0 Å². The van der Waals surface area contributed by atoms with Gasteiger partial charge in [0.1, 0.15) is 11.5 Å². The Kier molecular flexibility index (Phi) is 9.32. The van der Waals surface area contributed by atoms with Crippen LogP contribution in [-0.2, 0) is 6.54 Å². The average Bonchev–Trinajstić information content (AvgIpc) is 2.92. The van der Waals surface area contributed by atoms with E-state index in [4.69, 9.17) is 32.7 Å². The summed E-state index contributed by atoms with van der Waals surface area (Å²) in [6.45, 7) is 3.06. The predicted octanol–water partition coefficient (Wildman–Crippen LogP) is 7.48. The standard InChI is InChI=1S/C30H31Cl2N3O3/c1-20(34-27-18-24(37-2)16-21-10-6-14-33-29(21)27)8-7-15-35(19-22-9-4-5-11-28(22)38-3)30(36)25-13-12-23(31)17-26(25)32/h4-6,9-14,16-18,20,34H,7-8,15,19H2,1-3H3. The Morgan fingerprint density at radius 1 is 1.03 bits per heavy atom. The van der Waals surface area contributed by atoms with Crippen LogP contribution in [0.4, 0.5) is 5.69 Å². The van der Waals surface area contributed by atoms with Crippen molar-refractivity contribution in [2.45, 2.75) is 32.4 Å². The summed E-state index contributed by atoms with van der Waals surface area (Å²) in [5.41, 5.74) is 3.16. The molecule has 198 valence electrons. The molecule has 1 unspecified atom stereocenters. The van der Waals surface area contributed by atoms with E-state index in [2.05, 4.69) is 17.2 Å². The first-order valence-electron chi connectivity index (χ1n) is 12.4. The lowest BCUT2D eigenvalue weighted by Gasteiger charge is -2.25. The van der Waals surface area contributed by atoms with Crippen LogP contribution in [-0.4, -0.2) is 42.6 Å². The summed E-state index contributed by atoms with van der Waals surface area (Å²) in [7, 11) is 3.29. The highest BCUT2D eigenvalue weighted by Crippen LogP contribution is 2.29. The van der Waals surface area contributed by atoms with E-state index in [0.717, 1.165) is 46.5 Å². The zero-order chi connectivity index (χ0) is 27.1. The summed E-state index contributed by atoms with van der Waals surface area (Å²) >= 11 is 12.5. The number of ether oxygens (including phenoxy) is 2. The van der Waals surface area contributed by atoms with Gasteiger partial charge in [-0.1, -0.05) is 47.5 Å². The number of amides is 1. The molecule has 0 saturated heterocycles. The van der Waals surface area contributed by atoms with E-state index in [1.54, 1.807) is 38.6 Å². The molecule has 0 spiro atoms. The van der Waals surface area contributed by atoms with Crippen molar-refractivity contribution in [3.63, 3.8) is 0 Å². The van der Waals surface area contributed by atoms with E-state index in [0.29, 0.717) is 28.7 Å². The monoisotopic (exact) mass is 551 g/mol. The first kappa shape index (κ1) is 27.6. The third-order valence-corrected chi connectivity index (χ3v) is 6.93. The lowest BCUT2D eigenvalue weighted by Crippen LogP contribution is -2.32. The Hall–Kier alpha value is -3.48. The molecule has 1 N–H and O–H groups in total. The van der Waals surface area contributed by atoms with E-state index in [1.807, 2.05) is 53.4 Å². The van der Waals surface area contributed by atoms with Crippen molar-refractivity contribution < 1.29 is 14.3 Å². The number of anilines is 1. The molecule has 38 heavy (non-hydrogen) atoms. The number of nitrogens with zero attached hydrogens (tertiary/aromatic N) is 2. The highest BCUT2D eigenvalue weighted by molar-refractivity contribution is 6.36. The van der Waals surface area contributed by atoms with Gasteiger partial charge >= 0.3 is 0 Å². The minimum Gasteiger partial charge on any atom is -0.497 e. The van der Waals surface area contributed by atoms with E-state index in [-0.39, 0.29) is 11.9 Å². The van der Waals surface area contributed by atoms with Gasteiger partial charge in [-0.3, -0.25) is 9.78 Å². The van der Waals surface area contributed by atoms with Crippen LogP contribution in [0.15, 0.2) is 72.9 Å². The third kappa shape index (κ3) is 6.69. The van der Waals surface area contributed by atoms with E-state index in [1.165, 1.54) is 0 Å². The molecule has 8 heteroatoms. The van der Waals surface area contributed by atoms with Crippen LogP contribution in [0.25, 0.3) is 10.9 Å². The Balaban J connectivity index is 1.49. The minimum atomic E-state index is -0.152. The van der Waals surface area contributed by atoms with E-state index < -0.39 is 0 Å². The number of hydrogen-bond donors (Lipinski definition) is 1. The number of rotatable bonds is 11. The van der Waals surface area contributed by atoms with E-state index in [9.17, 15) is 4.79 Å². The number of nitrogens with one attached hydrogen (secondary N) is 1. The molecule has 0 fully saturated rings. The van der Waals surface area contributed by atoms with Crippen molar-refractivity contribution in [2.75, 3.05) is 26.1 Å². The van der Waals surface area contributed by atoms with Crippen molar-refractivity contribution >= 4 is 45.7 Å². The number of halogens is 2. The predicted molar refractivity (Wildman–Crippen MR) is 155 cm³/mol. The van der Waals surface area contributed by atoms with Crippen molar-refractivity contribution in [3.8, 4) is 11.5 Å². The van der Waals surface area contributed by atoms with Gasteiger partial charge in [0.2, 0.25) is 0 Å². The number of carbonyl (C=O) groups excluding carboxylic acids is 1. The van der Waals surface area contributed by atoms with Gasteiger partial charge in [-0.2, -0.15) is 0 Å². The number of aromatic nitrogens is 1. The highest BCUT2D eigenvalue weighted by Gasteiger charge is 2.21. The maximum absolute atomic E-state index is 13.6. The fourth-order valence-electron chi connectivity index (χ4n) is 4.44. The molecular formula is C30H31Cl2N3O3. The Labute approximate surface area is 233 Å². The first-order valence-corrected chi connectivity index (χ1v) is 13.2. The zero-order valence-electron chi connectivity index (χ0n) is 21.7. The number of methoxy groups -OCH3 is 2. The summed E-state index contributed by atoms with van der Waals surface area (Å²) in [6, 6.07) is 20.7. The maximum Gasteiger partial charge on any atom is 0.255 e. The molecule has 6 nitrogen and oxygen atoms in total. The van der Waals surface area contributed by atoms with Gasteiger partial charge < -0.3 is 19.7 Å². The molecular weight excluding hydrogens is 521 g/mol. The van der Waals surface area contributed by atoms with Gasteiger partial charge in [0, 0.05) is 47.4 Å². The van der Waals surface area contributed by atoms with Gasteiger partial charge in [0.05, 0.1) is 36.0 Å². The highest BCUT2D eigenvalue weighted by atomic mass is 35.5. The quantitative estimate of drug-likeness (QED) is 0.209. The molecule has 1 heterocycles. The number of carbonyl (C=O) groups is 1. The molecule has 0 aliphatic rings. The van der Waals surface area contributed by atoms with Crippen molar-refractivity contribution in [2.24, 2.45) is 0 Å². The lowest BCUT2D eigenvalue weighted by molar-refractivity contribution is 0.0738. The summed E-state index contributed by atoms with van der Waals surface area (Å²) in [5.74, 6) is 1.36. The van der Waals surface area contributed by atoms with E-state index >= 15 is 0 Å². The van der Waals surface area contributed by atoms with Crippen LogP contribution < -0.4 is 14.8 Å². The lowest BCUT2D eigenvalue weighted by atomic mass is 10.1. The summed E-state index contributed by atoms with van der Waals surface area (Å²) in [4.78, 5) is 19.9. The summed E-state index contributed by atoms with van der Waals surface area (Å²) in [6.07, 6.45) is 3.39. The van der Waals surface area contributed by atoms with Gasteiger partial charge in [-0.05, 0) is 56.2 Å². The Morgan fingerprint density at radius 2 is 1.84 bits per heavy atom. The third-order valence-electron chi connectivity index (χ3n) is 6.38. The largest absolute Gasteiger partial charge is 0.497 e. The van der Waals surface area contributed by atoms with Gasteiger partial charge in [0.15, 0.2) is 0 Å². The smallest absolute Gasteiger partial charge is 0.255 e. The number of pyridine rings is 1. The van der Waals surface area contributed by atoms with Crippen molar-refractivity contribution in [1.82, 2.24) is 9.88 Å². The minimum absolute atomic E-state index is 0.134. The number of fused-ring (bicyclic) bond motifs is 1. The molecule has 0 bridgehead atoms. The number of para-hydroxylation sites is 1. The van der Waals surface area contributed by atoms with Crippen LogP contribution in [0.5, 0.6) is 11.5 Å². The second-order valence-corrected chi connectivity index (χ2v) is 9.94. The number of hydrogen-bond acceptors (Lipinski definition) is 5. The number of benzene rings is 3. The molecule has 0 radical (unpaired) electrons. The molecule has 3 aromatic carbocycles. The molecule has 0 aliphatic heterocycles. The SMILES string of the molecule is COc1cc(NC(C)CCCN(Cc2ccccc2OC)C(=O)c2ccc(Cl)cc2Cl)c2ncccc2c1.